The van der Waals surface area contributed by atoms with Gasteiger partial charge < -0.3 is 14.8 Å². The third-order valence-electron chi connectivity index (χ3n) is 3.56. The lowest BCUT2D eigenvalue weighted by Crippen LogP contribution is -2.50. The zero-order chi connectivity index (χ0) is 15.2. The molecule has 2 aromatic rings. The highest BCUT2D eigenvalue weighted by atomic mass is 32.1. The molecule has 1 aliphatic heterocycles. The third-order valence-corrected chi connectivity index (χ3v) is 4.25. The zero-order valence-corrected chi connectivity index (χ0v) is 12.9. The van der Waals surface area contributed by atoms with Gasteiger partial charge in [0.1, 0.15) is 0 Å². The van der Waals surface area contributed by atoms with Crippen molar-refractivity contribution < 1.29 is 14.3 Å². The molecule has 0 aromatic carbocycles. The second kappa shape index (κ2) is 7.49. The van der Waals surface area contributed by atoms with E-state index in [1.54, 1.807) is 6.20 Å². The molecular weight excluding hydrogens is 300 g/mol. The molecule has 1 fully saturated rings. The van der Waals surface area contributed by atoms with Gasteiger partial charge in [-0.25, -0.2) is 0 Å². The lowest BCUT2D eigenvalue weighted by Gasteiger charge is -2.32. The van der Waals surface area contributed by atoms with E-state index in [1.807, 2.05) is 35.0 Å². The van der Waals surface area contributed by atoms with Crippen LogP contribution in [-0.4, -0.2) is 36.3 Å². The average Bonchev–Trinajstić information content (AvgIpc) is 3.10. The number of amides is 1. The van der Waals surface area contributed by atoms with Crippen molar-refractivity contribution in [2.75, 3.05) is 13.2 Å². The van der Waals surface area contributed by atoms with Gasteiger partial charge in [0, 0.05) is 23.7 Å². The van der Waals surface area contributed by atoms with E-state index in [-0.39, 0.29) is 18.1 Å². The van der Waals surface area contributed by atoms with Crippen molar-refractivity contribution in [3.05, 3.63) is 52.5 Å². The number of rotatable bonds is 5. The Morgan fingerprint density at radius 2 is 2.41 bits per heavy atom. The number of hydrogen-bond acceptors (Lipinski definition) is 5. The first-order chi connectivity index (χ1) is 10.8. The van der Waals surface area contributed by atoms with E-state index in [0.717, 1.165) is 12.1 Å². The van der Waals surface area contributed by atoms with Gasteiger partial charge in [0.15, 0.2) is 0 Å². The van der Waals surface area contributed by atoms with E-state index < -0.39 is 0 Å². The molecule has 0 saturated carbocycles. The minimum atomic E-state index is -0.134. The van der Waals surface area contributed by atoms with Crippen molar-refractivity contribution in [1.29, 1.82) is 0 Å². The Balaban J connectivity index is 1.57. The number of carbonyl (C=O) groups excluding carboxylic acids is 1. The molecule has 0 bridgehead atoms. The molecule has 2 aromatic heterocycles. The molecule has 1 N–H and O–H groups in total. The van der Waals surface area contributed by atoms with Crippen LogP contribution in [0.1, 0.15) is 22.5 Å². The highest BCUT2D eigenvalue weighted by Crippen LogP contribution is 2.15. The molecule has 3 heterocycles. The second-order valence-corrected chi connectivity index (χ2v) is 5.91. The van der Waals surface area contributed by atoms with Crippen LogP contribution in [-0.2, 0) is 16.1 Å². The predicted octanol–water partition coefficient (Wildman–Crippen LogP) is 2.25. The normalized spacial score (nSPS) is 21.5. The van der Waals surface area contributed by atoms with Crippen LogP contribution in [0.4, 0.5) is 0 Å². The maximum absolute atomic E-state index is 12.2. The van der Waals surface area contributed by atoms with Gasteiger partial charge in [0.2, 0.25) is 0 Å². The van der Waals surface area contributed by atoms with E-state index in [2.05, 4.69) is 10.3 Å². The Morgan fingerprint density at radius 3 is 3.18 bits per heavy atom. The molecule has 0 aliphatic carbocycles. The number of aromatic nitrogens is 1. The van der Waals surface area contributed by atoms with Gasteiger partial charge in [-0.05, 0) is 30.0 Å². The van der Waals surface area contributed by atoms with Gasteiger partial charge in [-0.1, -0.05) is 6.07 Å². The van der Waals surface area contributed by atoms with Gasteiger partial charge in [0.05, 0.1) is 31.1 Å². The molecule has 1 saturated heterocycles. The Kier molecular flexibility index (Phi) is 5.15. The Bertz CT molecular complexity index is 589. The minimum absolute atomic E-state index is 0.0571. The molecular formula is C16H18N2O3S. The van der Waals surface area contributed by atoms with Crippen molar-refractivity contribution in [2.24, 2.45) is 0 Å². The standard InChI is InChI=1S/C16H18N2O3S/c19-16(12-5-8-22-11-12)18-14-10-20-7-4-15(14)21-9-13-3-1-2-6-17-13/h1-3,5-6,8,11,14-15H,4,7,9-10H2,(H,18,19)/t14-,15-/m1/s1. The van der Waals surface area contributed by atoms with Gasteiger partial charge in [-0.3, -0.25) is 9.78 Å². The molecule has 116 valence electrons. The Hall–Kier alpha value is -1.76. The molecule has 1 aliphatic rings. The zero-order valence-electron chi connectivity index (χ0n) is 12.1. The summed E-state index contributed by atoms with van der Waals surface area (Å²) >= 11 is 1.51. The van der Waals surface area contributed by atoms with E-state index >= 15 is 0 Å². The Morgan fingerprint density at radius 1 is 1.45 bits per heavy atom. The predicted molar refractivity (Wildman–Crippen MR) is 83.8 cm³/mol. The summed E-state index contributed by atoms with van der Waals surface area (Å²) in [4.78, 5) is 16.4. The topological polar surface area (TPSA) is 60.5 Å². The minimum Gasteiger partial charge on any atom is -0.379 e. The van der Waals surface area contributed by atoms with E-state index in [1.165, 1.54) is 11.3 Å². The van der Waals surface area contributed by atoms with E-state index in [9.17, 15) is 4.79 Å². The summed E-state index contributed by atoms with van der Waals surface area (Å²) in [5.74, 6) is -0.0804. The highest BCUT2D eigenvalue weighted by molar-refractivity contribution is 7.08. The molecule has 2 atom stereocenters. The number of carbonyl (C=O) groups is 1. The summed E-state index contributed by atoms with van der Waals surface area (Å²) in [5.41, 5.74) is 1.57. The van der Waals surface area contributed by atoms with Crippen molar-refractivity contribution in [3.63, 3.8) is 0 Å². The number of pyridine rings is 1. The van der Waals surface area contributed by atoms with Gasteiger partial charge in [-0.15, -0.1) is 0 Å². The summed E-state index contributed by atoms with van der Waals surface area (Å²) in [7, 11) is 0. The number of thiophene rings is 1. The monoisotopic (exact) mass is 318 g/mol. The van der Waals surface area contributed by atoms with Gasteiger partial charge in [0.25, 0.3) is 5.91 Å². The molecule has 6 heteroatoms. The van der Waals surface area contributed by atoms with Crippen LogP contribution >= 0.6 is 11.3 Å². The fourth-order valence-electron chi connectivity index (χ4n) is 2.37. The summed E-state index contributed by atoms with van der Waals surface area (Å²) < 4.78 is 11.4. The number of nitrogens with zero attached hydrogens (tertiary/aromatic N) is 1. The number of nitrogens with one attached hydrogen (secondary N) is 1. The SMILES string of the molecule is O=C(N[C@@H]1COCC[C@H]1OCc1ccccn1)c1ccsc1. The summed E-state index contributed by atoms with van der Waals surface area (Å²) in [5, 5.41) is 6.73. The van der Waals surface area contributed by atoms with Crippen LogP contribution in [0.5, 0.6) is 0 Å². The van der Waals surface area contributed by atoms with Crippen molar-refractivity contribution >= 4 is 17.2 Å². The first-order valence-electron chi connectivity index (χ1n) is 7.25. The van der Waals surface area contributed by atoms with Gasteiger partial charge in [-0.2, -0.15) is 11.3 Å². The van der Waals surface area contributed by atoms with Crippen LogP contribution in [0.2, 0.25) is 0 Å². The van der Waals surface area contributed by atoms with Crippen LogP contribution < -0.4 is 5.32 Å². The van der Waals surface area contributed by atoms with E-state index in [4.69, 9.17) is 9.47 Å². The van der Waals surface area contributed by atoms with E-state index in [0.29, 0.717) is 25.4 Å². The third kappa shape index (κ3) is 3.91. The summed E-state index contributed by atoms with van der Waals surface area (Å²) in [6.07, 6.45) is 2.46. The van der Waals surface area contributed by atoms with Crippen molar-refractivity contribution in [2.45, 2.75) is 25.2 Å². The first-order valence-corrected chi connectivity index (χ1v) is 8.19. The van der Waals surface area contributed by atoms with Crippen LogP contribution in [0.15, 0.2) is 41.2 Å². The fourth-order valence-corrected chi connectivity index (χ4v) is 3.01. The Labute approximate surface area is 133 Å². The molecule has 3 rings (SSSR count). The molecule has 0 spiro atoms. The molecule has 22 heavy (non-hydrogen) atoms. The molecule has 5 nitrogen and oxygen atoms in total. The lowest BCUT2D eigenvalue weighted by atomic mass is 10.1. The van der Waals surface area contributed by atoms with Crippen molar-refractivity contribution in [1.82, 2.24) is 10.3 Å². The van der Waals surface area contributed by atoms with Crippen LogP contribution in [0.25, 0.3) is 0 Å². The lowest BCUT2D eigenvalue weighted by molar-refractivity contribution is -0.0612. The number of ether oxygens (including phenoxy) is 2. The molecule has 0 unspecified atom stereocenters. The summed E-state index contributed by atoms with van der Waals surface area (Å²) in [6.45, 7) is 1.57. The summed E-state index contributed by atoms with van der Waals surface area (Å²) in [6, 6.07) is 7.42. The van der Waals surface area contributed by atoms with Crippen molar-refractivity contribution in [3.8, 4) is 0 Å². The second-order valence-electron chi connectivity index (χ2n) is 5.13. The largest absolute Gasteiger partial charge is 0.379 e. The highest BCUT2D eigenvalue weighted by Gasteiger charge is 2.28. The molecule has 0 radical (unpaired) electrons. The average molecular weight is 318 g/mol. The van der Waals surface area contributed by atoms with Crippen LogP contribution in [0, 0.1) is 0 Å². The first kappa shape index (κ1) is 15.1. The fraction of sp³-hybridized carbons (Fsp3) is 0.375. The molecule has 1 amide bonds. The number of hydrogen-bond donors (Lipinski definition) is 1. The smallest absolute Gasteiger partial charge is 0.252 e. The quantitative estimate of drug-likeness (QED) is 0.918. The maximum Gasteiger partial charge on any atom is 0.252 e. The van der Waals surface area contributed by atoms with Crippen LogP contribution in [0.3, 0.4) is 0 Å². The van der Waals surface area contributed by atoms with Gasteiger partial charge >= 0.3 is 0 Å². The maximum atomic E-state index is 12.2.